The van der Waals surface area contributed by atoms with Crippen LogP contribution < -0.4 is 14.8 Å². The van der Waals surface area contributed by atoms with Crippen molar-refractivity contribution in [3.63, 3.8) is 0 Å². The first-order chi connectivity index (χ1) is 10.3. The molecule has 4 nitrogen and oxygen atoms in total. The zero-order chi connectivity index (χ0) is 14.2. The average Bonchev–Trinajstić information content (AvgIpc) is 3.14. The second-order valence-corrected chi connectivity index (χ2v) is 5.36. The van der Waals surface area contributed by atoms with Crippen LogP contribution in [-0.4, -0.2) is 12.7 Å². The quantitative estimate of drug-likeness (QED) is 0.919. The monoisotopic (exact) mass is 281 g/mol. The molecule has 4 heteroatoms. The first-order valence-electron chi connectivity index (χ1n) is 7.12. The van der Waals surface area contributed by atoms with Crippen LogP contribution in [0.25, 0.3) is 0 Å². The van der Waals surface area contributed by atoms with E-state index in [4.69, 9.17) is 9.47 Å². The number of amides is 1. The van der Waals surface area contributed by atoms with E-state index in [0.29, 0.717) is 17.1 Å². The van der Waals surface area contributed by atoms with Crippen molar-refractivity contribution in [2.45, 2.75) is 19.3 Å². The third kappa shape index (κ3) is 2.23. The molecule has 2 aromatic carbocycles. The standard InChI is InChI=1S/C17H15NO3/c19-17(13-5-7-15-16(9-13)21-10-20-15)18-14-6-4-11-2-1-3-12(11)8-14/h4-9H,1-3,10H2,(H,18,19). The third-order valence-corrected chi connectivity index (χ3v) is 3.99. The smallest absolute Gasteiger partial charge is 0.255 e. The Morgan fingerprint density at radius 2 is 1.81 bits per heavy atom. The van der Waals surface area contributed by atoms with E-state index in [2.05, 4.69) is 17.4 Å². The molecule has 1 heterocycles. The van der Waals surface area contributed by atoms with E-state index in [-0.39, 0.29) is 12.7 Å². The van der Waals surface area contributed by atoms with E-state index in [9.17, 15) is 4.79 Å². The highest BCUT2D eigenvalue weighted by molar-refractivity contribution is 6.04. The zero-order valence-corrected chi connectivity index (χ0v) is 11.5. The summed E-state index contributed by atoms with van der Waals surface area (Å²) in [6.07, 6.45) is 3.45. The molecule has 1 aliphatic heterocycles. The highest BCUT2D eigenvalue weighted by Gasteiger charge is 2.17. The highest BCUT2D eigenvalue weighted by atomic mass is 16.7. The Kier molecular flexibility index (Phi) is 2.81. The molecule has 0 saturated carbocycles. The topological polar surface area (TPSA) is 47.6 Å². The number of anilines is 1. The van der Waals surface area contributed by atoms with Gasteiger partial charge in [-0.1, -0.05) is 6.07 Å². The summed E-state index contributed by atoms with van der Waals surface area (Å²) >= 11 is 0. The van der Waals surface area contributed by atoms with Gasteiger partial charge < -0.3 is 14.8 Å². The van der Waals surface area contributed by atoms with Gasteiger partial charge in [-0.05, 0) is 60.7 Å². The van der Waals surface area contributed by atoms with Gasteiger partial charge in [0.15, 0.2) is 11.5 Å². The number of carbonyl (C=O) groups is 1. The number of benzene rings is 2. The van der Waals surface area contributed by atoms with E-state index in [1.165, 1.54) is 17.5 Å². The number of hydrogen-bond acceptors (Lipinski definition) is 3. The van der Waals surface area contributed by atoms with E-state index in [0.717, 1.165) is 18.5 Å². The molecule has 1 amide bonds. The lowest BCUT2D eigenvalue weighted by Crippen LogP contribution is -2.12. The van der Waals surface area contributed by atoms with Gasteiger partial charge in [-0.3, -0.25) is 4.79 Å². The number of rotatable bonds is 2. The molecule has 0 atom stereocenters. The van der Waals surface area contributed by atoms with Crippen molar-refractivity contribution in [3.8, 4) is 11.5 Å². The van der Waals surface area contributed by atoms with Crippen molar-refractivity contribution >= 4 is 11.6 Å². The van der Waals surface area contributed by atoms with Crippen LogP contribution in [0.2, 0.25) is 0 Å². The number of nitrogens with one attached hydrogen (secondary N) is 1. The molecule has 0 saturated heterocycles. The fraction of sp³-hybridized carbons (Fsp3) is 0.235. The van der Waals surface area contributed by atoms with Crippen molar-refractivity contribution in [2.75, 3.05) is 12.1 Å². The number of ether oxygens (including phenoxy) is 2. The molecule has 0 bridgehead atoms. The van der Waals surface area contributed by atoms with Crippen molar-refractivity contribution in [3.05, 3.63) is 53.1 Å². The lowest BCUT2D eigenvalue weighted by Gasteiger charge is -2.08. The Balaban J connectivity index is 1.55. The van der Waals surface area contributed by atoms with Crippen LogP contribution in [0.5, 0.6) is 11.5 Å². The molecule has 2 aromatic rings. The Labute approximate surface area is 122 Å². The zero-order valence-electron chi connectivity index (χ0n) is 11.5. The maximum absolute atomic E-state index is 12.3. The molecule has 4 rings (SSSR count). The van der Waals surface area contributed by atoms with Crippen LogP contribution in [-0.2, 0) is 12.8 Å². The third-order valence-electron chi connectivity index (χ3n) is 3.99. The predicted octanol–water partition coefficient (Wildman–Crippen LogP) is 3.16. The summed E-state index contributed by atoms with van der Waals surface area (Å²) in [4.78, 5) is 12.3. The number of carbonyl (C=O) groups excluding carboxylic acids is 1. The lowest BCUT2D eigenvalue weighted by atomic mass is 10.1. The molecule has 0 aromatic heterocycles. The van der Waals surface area contributed by atoms with Gasteiger partial charge in [0.1, 0.15) is 0 Å². The second-order valence-electron chi connectivity index (χ2n) is 5.36. The fourth-order valence-electron chi connectivity index (χ4n) is 2.89. The van der Waals surface area contributed by atoms with Crippen LogP contribution in [0.4, 0.5) is 5.69 Å². The molecular weight excluding hydrogens is 266 g/mol. The molecular formula is C17H15NO3. The summed E-state index contributed by atoms with van der Waals surface area (Å²) in [7, 11) is 0. The molecule has 1 aliphatic carbocycles. The molecule has 0 fully saturated rings. The van der Waals surface area contributed by atoms with Crippen molar-refractivity contribution in [1.82, 2.24) is 0 Å². The van der Waals surface area contributed by atoms with Gasteiger partial charge in [-0.2, -0.15) is 0 Å². The average molecular weight is 281 g/mol. The van der Waals surface area contributed by atoms with E-state index < -0.39 is 0 Å². The van der Waals surface area contributed by atoms with E-state index in [1.807, 2.05) is 6.07 Å². The second kappa shape index (κ2) is 4.81. The van der Waals surface area contributed by atoms with E-state index in [1.54, 1.807) is 18.2 Å². The summed E-state index contributed by atoms with van der Waals surface area (Å²) in [5, 5.41) is 2.94. The minimum absolute atomic E-state index is 0.133. The summed E-state index contributed by atoms with van der Waals surface area (Å²) in [5.74, 6) is 1.17. The summed E-state index contributed by atoms with van der Waals surface area (Å²) in [6, 6.07) is 11.4. The number of fused-ring (bicyclic) bond motifs is 2. The maximum Gasteiger partial charge on any atom is 0.255 e. The van der Waals surface area contributed by atoms with Gasteiger partial charge in [0.25, 0.3) is 5.91 Å². The molecule has 2 aliphatic rings. The Bertz CT molecular complexity index is 724. The maximum atomic E-state index is 12.3. The predicted molar refractivity (Wildman–Crippen MR) is 79.0 cm³/mol. The van der Waals surface area contributed by atoms with Gasteiger partial charge >= 0.3 is 0 Å². The Morgan fingerprint density at radius 3 is 2.76 bits per heavy atom. The van der Waals surface area contributed by atoms with E-state index >= 15 is 0 Å². The normalized spacial score (nSPS) is 14.9. The highest BCUT2D eigenvalue weighted by Crippen LogP contribution is 2.32. The van der Waals surface area contributed by atoms with Gasteiger partial charge in [0, 0.05) is 11.3 Å². The number of aryl methyl sites for hydroxylation is 2. The Hall–Kier alpha value is -2.49. The molecule has 106 valence electrons. The summed E-state index contributed by atoms with van der Waals surface area (Å²) in [6.45, 7) is 0.214. The summed E-state index contributed by atoms with van der Waals surface area (Å²) in [5.41, 5.74) is 4.16. The van der Waals surface area contributed by atoms with Crippen molar-refractivity contribution in [1.29, 1.82) is 0 Å². The SMILES string of the molecule is O=C(Nc1ccc2c(c1)CCC2)c1ccc2c(c1)OCO2. The largest absolute Gasteiger partial charge is 0.454 e. The van der Waals surface area contributed by atoms with Crippen LogP contribution in [0.15, 0.2) is 36.4 Å². The molecule has 21 heavy (non-hydrogen) atoms. The van der Waals surface area contributed by atoms with Crippen LogP contribution >= 0.6 is 0 Å². The van der Waals surface area contributed by atoms with Crippen LogP contribution in [0.3, 0.4) is 0 Å². The van der Waals surface area contributed by atoms with Gasteiger partial charge in [0.05, 0.1) is 0 Å². The van der Waals surface area contributed by atoms with Crippen LogP contribution in [0.1, 0.15) is 27.9 Å². The van der Waals surface area contributed by atoms with Gasteiger partial charge in [-0.15, -0.1) is 0 Å². The fourth-order valence-corrected chi connectivity index (χ4v) is 2.89. The first-order valence-corrected chi connectivity index (χ1v) is 7.12. The van der Waals surface area contributed by atoms with Crippen molar-refractivity contribution < 1.29 is 14.3 Å². The molecule has 0 spiro atoms. The molecule has 0 radical (unpaired) electrons. The number of hydrogen-bond donors (Lipinski definition) is 1. The minimum atomic E-state index is -0.133. The first kappa shape index (κ1) is 12.3. The van der Waals surface area contributed by atoms with Gasteiger partial charge in [0.2, 0.25) is 6.79 Å². The molecule has 1 N–H and O–H groups in total. The minimum Gasteiger partial charge on any atom is -0.454 e. The summed E-state index contributed by atoms with van der Waals surface area (Å²) < 4.78 is 10.5. The lowest BCUT2D eigenvalue weighted by molar-refractivity contribution is 0.102. The van der Waals surface area contributed by atoms with Gasteiger partial charge in [-0.25, -0.2) is 0 Å². The Morgan fingerprint density at radius 1 is 0.952 bits per heavy atom. The van der Waals surface area contributed by atoms with Crippen molar-refractivity contribution in [2.24, 2.45) is 0 Å². The molecule has 0 unspecified atom stereocenters. The van der Waals surface area contributed by atoms with Crippen LogP contribution in [0, 0.1) is 0 Å².